The van der Waals surface area contributed by atoms with Crippen LogP contribution in [0.5, 0.6) is 0 Å². The lowest BCUT2D eigenvalue weighted by atomic mass is 9.97. The van der Waals surface area contributed by atoms with Gasteiger partial charge in [0.1, 0.15) is 24.4 Å². The summed E-state index contributed by atoms with van der Waals surface area (Å²) >= 11 is 0. The number of carbonyl (C=O) groups excluding carboxylic acids is 1. The third-order valence-electron chi connectivity index (χ3n) is 3.75. The number of hydrogen-bond donors (Lipinski definition) is 4. The lowest BCUT2D eigenvalue weighted by Gasteiger charge is -2.42. The van der Waals surface area contributed by atoms with Gasteiger partial charge in [0.05, 0.1) is 6.61 Å². The molecule has 1 rings (SSSR count). The van der Waals surface area contributed by atoms with E-state index >= 15 is 0 Å². The van der Waals surface area contributed by atoms with Crippen molar-refractivity contribution in [1.82, 2.24) is 5.32 Å². The van der Waals surface area contributed by atoms with Crippen molar-refractivity contribution in [3.63, 3.8) is 0 Å². The summed E-state index contributed by atoms with van der Waals surface area (Å²) < 4.78 is 11.0. The Morgan fingerprint density at radius 1 is 1.29 bits per heavy atom. The number of ether oxygens (including phenoxy) is 2. The molecule has 0 aromatic heterocycles. The fraction of sp³-hybridized carbons (Fsp3) is 0.929. The molecule has 4 N–H and O–H groups in total. The third kappa shape index (κ3) is 6.60. The van der Waals surface area contributed by atoms with E-state index in [1.807, 2.05) is 0 Å². The zero-order chi connectivity index (χ0) is 17.9. The smallest absolute Gasteiger partial charge is 0.217 e. The third-order valence-corrected chi connectivity index (χ3v) is 3.75. The fourth-order valence-electron chi connectivity index (χ4n) is 2.50. The number of aliphatic hydroxyl groups excluding tert-OH is 3. The van der Waals surface area contributed by atoms with E-state index in [0.29, 0.717) is 13.2 Å². The second kappa shape index (κ2) is 11.2. The van der Waals surface area contributed by atoms with Gasteiger partial charge in [-0.3, -0.25) is 4.79 Å². The van der Waals surface area contributed by atoms with E-state index in [2.05, 4.69) is 15.3 Å². The minimum absolute atomic E-state index is 0.337. The lowest BCUT2D eigenvalue weighted by molar-refractivity contribution is -0.270. The Bertz CT molecular complexity index is 431. The largest absolute Gasteiger partial charge is 0.394 e. The standard InChI is InChI=1S/C14H26N4O6/c1-9(20)17-11-13(22)12(21)10(8-19)24-14(11)23-7-5-3-2-4-6-16-18-15/h10-14,19,21-22H,2-8H2,1H3,(H,17,20)/t10-,11-,12-,13-,14-/m1/s1. The first kappa shape index (κ1) is 20.6. The molecule has 0 aliphatic carbocycles. The van der Waals surface area contributed by atoms with Gasteiger partial charge >= 0.3 is 0 Å². The van der Waals surface area contributed by atoms with Gasteiger partial charge in [-0.2, -0.15) is 0 Å². The number of carbonyl (C=O) groups is 1. The molecule has 0 saturated carbocycles. The van der Waals surface area contributed by atoms with Crippen LogP contribution in [0.2, 0.25) is 0 Å². The molecule has 10 nitrogen and oxygen atoms in total. The number of rotatable bonds is 10. The van der Waals surface area contributed by atoms with Crippen LogP contribution in [0.1, 0.15) is 32.6 Å². The van der Waals surface area contributed by atoms with Crippen LogP contribution in [-0.4, -0.2) is 71.6 Å². The lowest BCUT2D eigenvalue weighted by Crippen LogP contribution is -2.64. The molecular formula is C14H26N4O6. The number of unbranched alkanes of at least 4 members (excludes halogenated alkanes) is 3. The molecule has 0 aromatic rings. The fourth-order valence-corrected chi connectivity index (χ4v) is 2.50. The van der Waals surface area contributed by atoms with Crippen LogP contribution in [-0.2, 0) is 14.3 Å². The van der Waals surface area contributed by atoms with Crippen LogP contribution in [0.15, 0.2) is 5.11 Å². The summed E-state index contributed by atoms with van der Waals surface area (Å²) in [6.07, 6.45) is -1.24. The van der Waals surface area contributed by atoms with Crippen molar-refractivity contribution < 1.29 is 29.6 Å². The molecule has 1 fully saturated rings. The highest BCUT2D eigenvalue weighted by Crippen LogP contribution is 2.22. The number of azide groups is 1. The Labute approximate surface area is 140 Å². The molecule has 0 bridgehead atoms. The van der Waals surface area contributed by atoms with Crippen molar-refractivity contribution in [3.05, 3.63) is 10.4 Å². The number of nitrogens with one attached hydrogen (secondary N) is 1. The summed E-state index contributed by atoms with van der Waals surface area (Å²) in [6, 6.07) is -0.912. The Balaban J connectivity index is 2.43. The van der Waals surface area contributed by atoms with Crippen molar-refractivity contribution >= 4 is 5.91 Å². The van der Waals surface area contributed by atoms with Crippen LogP contribution >= 0.6 is 0 Å². The Hall–Kier alpha value is -1.42. The van der Waals surface area contributed by atoms with E-state index < -0.39 is 37.3 Å². The van der Waals surface area contributed by atoms with Crippen LogP contribution in [0, 0.1) is 0 Å². The second-order valence-corrected chi connectivity index (χ2v) is 5.67. The molecule has 5 atom stereocenters. The molecule has 1 saturated heterocycles. The number of nitrogens with zero attached hydrogens (tertiary/aromatic N) is 3. The molecule has 1 aliphatic rings. The maximum atomic E-state index is 11.3. The predicted molar refractivity (Wildman–Crippen MR) is 83.8 cm³/mol. The molecule has 1 amide bonds. The molecule has 1 heterocycles. The van der Waals surface area contributed by atoms with Gasteiger partial charge in [0.2, 0.25) is 5.91 Å². The van der Waals surface area contributed by atoms with Gasteiger partial charge < -0.3 is 30.1 Å². The van der Waals surface area contributed by atoms with E-state index in [0.717, 1.165) is 25.7 Å². The van der Waals surface area contributed by atoms with Crippen LogP contribution < -0.4 is 5.32 Å². The second-order valence-electron chi connectivity index (χ2n) is 5.67. The predicted octanol–water partition coefficient (Wildman–Crippen LogP) is -0.183. The minimum Gasteiger partial charge on any atom is -0.394 e. The molecule has 0 aromatic carbocycles. The molecule has 0 radical (unpaired) electrons. The van der Waals surface area contributed by atoms with Gasteiger partial charge in [-0.25, -0.2) is 0 Å². The van der Waals surface area contributed by atoms with Gasteiger partial charge in [0.25, 0.3) is 0 Å². The Morgan fingerprint density at radius 2 is 2.00 bits per heavy atom. The highest BCUT2D eigenvalue weighted by atomic mass is 16.7. The normalized spacial score (nSPS) is 29.8. The molecular weight excluding hydrogens is 320 g/mol. The average molecular weight is 346 g/mol. The summed E-state index contributed by atoms with van der Waals surface area (Å²) in [5.41, 5.74) is 8.16. The van der Waals surface area contributed by atoms with Gasteiger partial charge in [-0.05, 0) is 18.4 Å². The van der Waals surface area contributed by atoms with E-state index in [1.54, 1.807) is 0 Å². The zero-order valence-corrected chi connectivity index (χ0v) is 13.7. The van der Waals surface area contributed by atoms with E-state index in [4.69, 9.17) is 15.0 Å². The van der Waals surface area contributed by atoms with Crippen molar-refractivity contribution in [3.8, 4) is 0 Å². The van der Waals surface area contributed by atoms with Gasteiger partial charge in [0, 0.05) is 25.0 Å². The number of hydrogen-bond acceptors (Lipinski definition) is 7. The number of aliphatic hydroxyl groups is 3. The molecule has 0 unspecified atom stereocenters. The van der Waals surface area contributed by atoms with Crippen LogP contribution in [0.25, 0.3) is 10.4 Å². The molecule has 1 aliphatic heterocycles. The first-order chi connectivity index (χ1) is 11.5. The maximum Gasteiger partial charge on any atom is 0.217 e. The quantitative estimate of drug-likeness (QED) is 0.186. The summed E-state index contributed by atoms with van der Waals surface area (Å²) in [4.78, 5) is 13.9. The number of amides is 1. The highest BCUT2D eigenvalue weighted by molar-refractivity contribution is 5.73. The minimum atomic E-state index is -1.31. The Morgan fingerprint density at radius 3 is 2.62 bits per heavy atom. The summed E-state index contributed by atoms with van der Waals surface area (Å²) in [6.45, 7) is 1.63. The van der Waals surface area contributed by atoms with Crippen molar-refractivity contribution in [2.24, 2.45) is 5.11 Å². The van der Waals surface area contributed by atoms with E-state index in [-0.39, 0.29) is 5.91 Å². The van der Waals surface area contributed by atoms with Crippen molar-refractivity contribution in [1.29, 1.82) is 0 Å². The molecule has 0 spiro atoms. The van der Waals surface area contributed by atoms with E-state index in [1.165, 1.54) is 6.92 Å². The topological polar surface area (TPSA) is 157 Å². The Kier molecular flexibility index (Phi) is 9.62. The molecule has 10 heteroatoms. The zero-order valence-electron chi connectivity index (χ0n) is 13.7. The first-order valence-corrected chi connectivity index (χ1v) is 8.03. The monoisotopic (exact) mass is 346 g/mol. The first-order valence-electron chi connectivity index (χ1n) is 8.03. The van der Waals surface area contributed by atoms with Gasteiger partial charge in [-0.1, -0.05) is 18.0 Å². The summed E-state index contributed by atoms with van der Waals surface area (Å²) in [5, 5.41) is 35.1. The molecule has 138 valence electrons. The summed E-state index contributed by atoms with van der Waals surface area (Å²) in [7, 11) is 0. The van der Waals surface area contributed by atoms with Crippen molar-refractivity contribution in [2.75, 3.05) is 19.8 Å². The van der Waals surface area contributed by atoms with Gasteiger partial charge in [0.15, 0.2) is 6.29 Å². The van der Waals surface area contributed by atoms with Crippen molar-refractivity contribution in [2.45, 2.75) is 63.3 Å². The van der Waals surface area contributed by atoms with E-state index in [9.17, 15) is 20.1 Å². The average Bonchev–Trinajstić information content (AvgIpc) is 2.55. The highest BCUT2D eigenvalue weighted by Gasteiger charge is 2.45. The van der Waals surface area contributed by atoms with Gasteiger partial charge in [-0.15, -0.1) is 0 Å². The molecule has 24 heavy (non-hydrogen) atoms. The van der Waals surface area contributed by atoms with Crippen LogP contribution in [0.3, 0.4) is 0 Å². The SMILES string of the molecule is CC(=O)N[C@H]1[C@H](OCCCCCCN=[N+]=[N-])O[C@H](CO)[C@@H](O)[C@@H]1O. The summed E-state index contributed by atoms with van der Waals surface area (Å²) in [5.74, 6) is -0.385. The maximum absolute atomic E-state index is 11.3. The van der Waals surface area contributed by atoms with Crippen LogP contribution in [0.4, 0.5) is 0 Å².